The molecule has 1 aromatic heterocycles. The molecule has 14 heavy (non-hydrogen) atoms. The van der Waals surface area contributed by atoms with Gasteiger partial charge in [0, 0.05) is 15.4 Å². The Bertz CT molecular complexity index is 348. The van der Waals surface area contributed by atoms with Crippen LogP contribution in [0.1, 0.15) is 31.2 Å². The van der Waals surface area contributed by atoms with E-state index in [9.17, 15) is 5.11 Å². The van der Waals surface area contributed by atoms with Crippen LogP contribution in [0.4, 0.5) is 0 Å². The van der Waals surface area contributed by atoms with Crippen LogP contribution < -0.4 is 0 Å². The van der Waals surface area contributed by atoms with Crippen LogP contribution in [0, 0.1) is 11.8 Å². The molecular weight excluding hydrogens is 260 g/mol. The van der Waals surface area contributed by atoms with Gasteiger partial charge in [-0.15, -0.1) is 0 Å². The number of thiophene rings is 1. The Morgan fingerprint density at radius 3 is 2.43 bits per heavy atom. The second kappa shape index (κ2) is 3.06. The Morgan fingerprint density at radius 1 is 1.29 bits per heavy atom. The van der Waals surface area contributed by atoms with Crippen molar-refractivity contribution in [3.05, 3.63) is 20.8 Å². The van der Waals surface area contributed by atoms with Crippen LogP contribution in [-0.4, -0.2) is 5.11 Å². The molecule has 0 aromatic carbocycles. The van der Waals surface area contributed by atoms with Crippen molar-refractivity contribution in [2.75, 3.05) is 0 Å². The first-order chi connectivity index (χ1) is 6.74. The molecule has 0 spiro atoms. The molecular formula is C11H13BrOS. The first-order valence-corrected chi connectivity index (χ1v) is 6.92. The van der Waals surface area contributed by atoms with Crippen molar-refractivity contribution >= 4 is 27.3 Å². The molecule has 1 aromatic rings. The molecule has 3 rings (SSSR count). The van der Waals surface area contributed by atoms with Gasteiger partial charge >= 0.3 is 0 Å². The largest absolute Gasteiger partial charge is 0.384 e. The van der Waals surface area contributed by atoms with Crippen LogP contribution in [0.5, 0.6) is 0 Å². The maximum Gasteiger partial charge on any atom is 0.0979 e. The fourth-order valence-electron chi connectivity index (χ4n) is 3.06. The molecule has 0 bridgehead atoms. The van der Waals surface area contributed by atoms with Crippen molar-refractivity contribution < 1.29 is 5.11 Å². The highest BCUT2D eigenvalue weighted by molar-refractivity contribution is 9.10. The summed E-state index contributed by atoms with van der Waals surface area (Å²) in [4.78, 5) is 0. The average molecular weight is 273 g/mol. The summed E-state index contributed by atoms with van der Waals surface area (Å²) in [6.07, 6.45) is 5.02. The zero-order valence-electron chi connectivity index (χ0n) is 7.87. The van der Waals surface area contributed by atoms with Crippen LogP contribution in [0.25, 0.3) is 0 Å². The van der Waals surface area contributed by atoms with E-state index < -0.39 is 5.60 Å². The van der Waals surface area contributed by atoms with E-state index in [4.69, 9.17) is 0 Å². The Labute approximate surface area is 96.3 Å². The fraction of sp³-hybridized carbons (Fsp3) is 0.636. The molecule has 0 amide bonds. The second-order valence-corrected chi connectivity index (χ2v) is 6.05. The molecule has 3 heteroatoms. The summed E-state index contributed by atoms with van der Waals surface area (Å²) in [5.74, 6) is 1.09. The molecule has 2 unspecified atom stereocenters. The molecule has 2 aliphatic rings. The van der Waals surface area contributed by atoms with Crippen molar-refractivity contribution in [1.82, 2.24) is 0 Å². The third-order valence-electron chi connectivity index (χ3n) is 3.83. The smallest absolute Gasteiger partial charge is 0.0979 e. The van der Waals surface area contributed by atoms with Crippen LogP contribution in [0.3, 0.4) is 0 Å². The summed E-state index contributed by atoms with van der Waals surface area (Å²) in [6.45, 7) is 0. The monoisotopic (exact) mass is 272 g/mol. The Balaban J connectivity index is 1.96. The summed E-state index contributed by atoms with van der Waals surface area (Å²) >= 11 is 5.20. The van der Waals surface area contributed by atoms with Crippen molar-refractivity contribution in [2.24, 2.45) is 11.8 Å². The maximum atomic E-state index is 10.6. The molecule has 2 saturated carbocycles. The predicted octanol–water partition coefficient (Wildman–Crippen LogP) is 3.52. The maximum absolute atomic E-state index is 10.6. The molecule has 1 N–H and O–H groups in total. The fourth-order valence-corrected chi connectivity index (χ4v) is 4.73. The highest BCUT2D eigenvalue weighted by Gasteiger charge is 2.65. The second-order valence-electron chi connectivity index (χ2n) is 4.46. The molecule has 1 heterocycles. The summed E-state index contributed by atoms with van der Waals surface area (Å²) in [7, 11) is 0. The number of rotatable bonds is 1. The van der Waals surface area contributed by atoms with E-state index in [-0.39, 0.29) is 0 Å². The van der Waals surface area contributed by atoms with Gasteiger partial charge in [0.15, 0.2) is 0 Å². The minimum atomic E-state index is -0.477. The van der Waals surface area contributed by atoms with Gasteiger partial charge in [-0.2, -0.15) is 11.3 Å². The molecule has 2 fully saturated rings. The Morgan fingerprint density at radius 2 is 1.93 bits per heavy atom. The van der Waals surface area contributed by atoms with Gasteiger partial charge in [0.2, 0.25) is 0 Å². The van der Waals surface area contributed by atoms with Gasteiger partial charge in [-0.25, -0.2) is 0 Å². The van der Waals surface area contributed by atoms with E-state index >= 15 is 0 Å². The summed E-state index contributed by atoms with van der Waals surface area (Å²) in [6, 6.07) is 0. The quantitative estimate of drug-likeness (QED) is 0.830. The van der Waals surface area contributed by atoms with Gasteiger partial charge in [0.05, 0.1) is 5.60 Å². The number of halogens is 1. The van der Waals surface area contributed by atoms with E-state index in [2.05, 4.69) is 26.7 Å². The van der Waals surface area contributed by atoms with Gasteiger partial charge < -0.3 is 5.11 Å². The van der Waals surface area contributed by atoms with Gasteiger partial charge in [0.1, 0.15) is 0 Å². The van der Waals surface area contributed by atoms with Crippen LogP contribution in [-0.2, 0) is 5.60 Å². The van der Waals surface area contributed by atoms with Crippen LogP contribution >= 0.6 is 27.3 Å². The van der Waals surface area contributed by atoms with Crippen molar-refractivity contribution in [3.8, 4) is 0 Å². The van der Waals surface area contributed by atoms with Gasteiger partial charge in [0.25, 0.3) is 0 Å². The molecule has 0 saturated heterocycles. The lowest BCUT2D eigenvalue weighted by molar-refractivity contribution is 0.118. The van der Waals surface area contributed by atoms with Crippen molar-refractivity contribution in [1.29, 1.82) is 0 Å². The van der Waals surface area contributed by atoms with Gasteiger partial charge in [-0.3, -0.25) is 0 Å². The van der Waals surface area contributed by atoms with Crippen molar-refractivity contribution in [3.63, 3.8) is 0 Å². The lowest BCUT2D eigenvalue weighted by atomic mass is 10.0. The lowest BCUT2D eigenvalue weighted by Gasteiger charge is -2.09. The third-order valence-corrected chi connectivity index (χ3v) is 5.54. The summed E-state index contributed by atoms with van der Waals surface area (Å²) < 4.78 is 1.10. The number of aliphatic hydroxyl groups is 1. The van der Waals surface area contributed by atoms with Crippen molar-refractivity contribution in [2.45, 2.75) is 31.3 Å². The topological polar surface area (TPSA) is 20.2 Å². The van der Waals surface area contributed by atoms with E-state index in [1.54, 1.807) is 11.3 Å². The Hall–Kier alpha value is 0.140. The minimum Gasteiger partial charge on any atom is -0.384 e. The highest BCUT2D eigenvalue weighted by Crippen LogP contribution is 2.65. The van der Waals surface area contributed by atoms with Gasteiger partial charge in [-0.05, 0) is 46.0 Å². The standard InChI is InChI=1S/C11H13BrOS/c12-10-6-14-5-9(10)11(13)7-3-1-2-4-8(7)11/h5-8,13H,1-4H2. The van der Waals surface area contributed by atoms with Crippen LogP contribution in [0.2, 0.25) is 0 Å². The first-order valence-electron chi connectivity index (χ1n) is 5.19. The summed E-state index contributed by atoms with van der Waals surface area (Å²) in [5.41, 5.74) is 0.661. The predicted molar refractivity (Wildman–Crippen MR) is 61.4 cm³/mol. The van der Waals surface area contributed by atoms with Crippen LogP contribution in [0.15, 0.2) is 15.2 Å². The lowest BCUT2D eigenvalue weighted by Crippen LogP contribution is -2.09. The van der Waals surface area contributed by atoms with Gasteiger partial charge in [-0.1, -0.05) is 12.8 Å². The molecule has 1 nitrogen and oxygen atoms in total. The molecule has 0 radical (unpaired) electrons. The number of fused-ring (bicyclic) bond motifs is 1. The van der Waals surface area contributed by atoms with E-state index in [0.717, 1.165) is 10.0 Å². The summed E-state index contributed by atoms with van der Waals surface area (Å²) in [5, 5.41) is 14.8. The minimum absolute atomic E-state index is 0.477. The number of hydrogen-bond donors (Lipinski definition) is 1. The third kappa shape index (κ3) is 1.09. The van der Waals surface area contributed by atoms with E-state index in [0.29, 0.717) is 11.8 Å². The molecule has 76 valence electrons. The zero-order valence-corrected chi connectivity index (χ0v) is 10.3. The average Bonchev–Trinajstić information content (AvgIpc) is 2.57. The first kappa shape index (κ1) is 9.37. The zero-order chi connectivity index (χ0) is 9.76. The van der Waals surface area contributed by atoms with E-state index in [1.807, 2.05) is 0 Å². The Kier molecular flexibility index (Phi) is 2.05. The SMILES string of the molecule is OC1(c2cscc2Br)C2CCCCC21. The van der Waals surface area contributed by atoms with E-state index in [1.165, 1.54) is 25.7 Å². The molecule has 2 atom stereocenters. The number of hydrogen-bond acceptors (Lipinski definition) is 2. The normalized spacial score (nSPS) is 40.7. The molecule has 0 aliphatic heterocycles. The molecule has 2 aliphatic carbocycles. The highest BCUT2D eigenvalue weighted by atomic mass is 79.9.